The summed E-state index contributed by atoms with van der Waals surface area (Å²) < 4.78 is 0. The first-order chi connectivity index (χ1) is 39.1. The first-order valence-corrected chi connectivity index (χ1v) is 26.7. The second-order valence-electron chi connectivity index (χ2n) is 19.9. The molecule has 0 aliphatic rings. The van der Waals surface area contributed by atoms with Gasteiger partial charge in [-0.15, -0.1) is 0 Å². The van der Waals surface area contributed by atoms with Crippen molar-refractivity contribution in [3.8, 4) is 0 Å². The Balaban J connectivity index is 2.56. The Hall–Kier alpha value is -8.69. The molecule has 0 spiro atoms. The molecule has 1 aromatic heterocycles. The van der Waals surface area contributed by atoms with Gasteiger partial charge in [0.2, 0.25) is 59.1 Å². The van der Waals surface area contributed by atoms with E-state index in [-0.39, 0.29) is 70.1 Å². The van der Waals surface area contributed by atoms with Crippen molar-refractivity contribution in [3.05, 3.63) is 36.0 Å². The number of aliphatic imine (C=N–C) groups is 2. The number of para-hydroxylation sites is 1. The first kappa shape index (κ1) is 70.4. The lowest BCUT2D eigenvalue weighted by atomic mass is 10.0. The Labute approximate surface area is 478 Å². The number of primary amides is 2. The van der Waals surface area contributed by atoms with Crippen molar-refractivity contribution in [2.75, 3.05) is 26.2 Å². The number of aromatic nitrogens is 1. The number of carbonyl (C=O) groups is 11. The van der Waals surface area contributed by atoms with E-state index in [9.17, 15) is 68.1 Å². The van der Waals surface area contributed by atoms with Gasteiger partial charge in [-0.05, 0) is 82.4 Å². The highest BCUT2D eigenvalue weighted by molar-refractivity contribution is 5.99. The predicted molar refractivity (Wildman–Crippen MR) is 302 cm³/mol. The summed E-state index contributed by atoms with van der Waals surface area (Å²) in [5, 5.41) is 50.5. The highest BCUT2D eigenvalue weighted by atomic mass is 16.4. The molecule has 33 nitrogen and oxygen atoms in total. The number of aromatic amines is 1. The number of unbranched alkanes of at least 4 members (excludes halogenated alkanes) is 1. The molecule has 10 atom stereocenters. The number of hydrogen-bond donors (Lipinski definition) is 20. The van der Waals surface area contributed by atoms with Gasteiger partial charge in [0.25, 0.3) is 0 Å². The van der Waals surface area contributed by atoms with Crippen molar-refractivity contribution in [3.63, 3.8) is 0 Å². The third kappa shape index (κ3) is 25.3. The number of amides is 10. The number of aliphatic hydroxyl groups excluding tert-OH is 2. The molecule has 1 aromatic carbocycles. The summed E-state index contributed by atoms with van der Waals surface area (Å²) in [6.45, 7) is 3.58. The number of H-pyrrole nitrogens is 1. The zero-order chi connectivity index (χ0) is 62.5. The van der Waals surface area contributed by atoms with Crippen LogP contribution in [0.4, 0.5) is 0 Å². The summed E-state index contributed by atoms with van der Waals surface area (Å²) in [7, 11) is 0. The molecule has 0 saturated heterocycles. The molecule has 83 heavy (non-hydrogen) atoms. The van der Waals surface area contributed by atoms with Gasteiger partial charge in [-0.25, -0.2) is 4.79 Å². The maximum absolute atomic E-state index is 14.5. The summed E-state index contributed by atoms with van der Waals surface area (Å²) in [4.78, 5) is 158. The Morgan fingerprint density at radius 3 is 1.52 bits per heavy atom. The van der Waals surface area contributed by atoms with Crippen LogP contribution in [-0.2, 0) is 59.2 Å². The monoisotopic (exact) mass is 1170 g/mol. The van der Waals surface area contributed by atoms with Crippen LogP contribution in [0.5, 0.6) is 0 Å². The van der Waals surface area contributed by atoms with E-state index >= 15 is 0 Å². The van der Waals surface area contributed by atoms with Gasteiger partial charge in [0.05, 0.1) is 19.1 Å². The molecular formula is C50H83N19O14. The second-order valence-corrected chi connectivity index (χ2v) is 19.9. The van der Waals surface area contributed by atoms with Crippen LogP contribution in [0.2, 0.25) is 0 Å². The van der Waals surface area contributed by atoms with Crippen molar-refractivity contribution in [1.29, 1.82) is 0 Å². The maximum atomic E-state index is 14.5. The zero-order valence-electron chi connectivity index (χ0n) is 46.7. The topological polar surface area (TPSA) is 593 Å². The van der Waals surface area contributed by atoms with E-state index in [2.05, 4.69) is 57.5 Å². The molecule has 2 aromatic rings. The molecule has 0 saturated carbocycles. The average Bonchev–Trinajstić information content (AvgIpc) is 3.97. The molecule has 0 aliphatic carbocycles. The Morgan fingerprint density at radius 2 is 1.01 bits per heavy atom. The number of carbonyl (C=O) groups excluding carboxylic acids is 10. The fraction of sp³-hybridized carbons (Fsp3) is 0.580. The smallest absolute Gasteiger partial charge is 0.326 e. The van der Waals surface area contributed by atoms with Gasteiger partial charge in [-0.3, -0.25) is 57.9 Å². The van der Waals surface area contributed by atoms with E-state index < -0.39 is 157 Å². The lowest BCUT2D eigenvalue weighted by Gasteiger charge is -2.29. The molecular weight excluding hydrogens is 1090 g/mol. The number of nitrogens with zero attached hydrogens (tertiary/aromatic N) is 2. The van der Waals surface area contributed by atoms with Gasteiger partial charge in [0.1, 0.15) is 54.4 Å². The van der Waals surface area contributed by atoms with Crippen molar-refractivity contribution in [1.82, 2.24) is 47.5 Å². The standard InChI is InChI=1S/C50H83N19O14/c1-24(2)38(68-45(79)35(21-37(54)73)66-42(76)30(12-6-7-17-51)62-40(74)28(52)23-70)46(80)64-32(14-9-19-60-50(57)58)43(77)69-39(25(3)71)47(81)67-34(20-26-22-61-29-11-5-4-10-27(26)29)44(78)63-31(13-8-18-59-49(55)56)41(75)65-33(48(82)83)15-16-36(53)72/h4-5,10-11,22,24-25,28,30-35,38-39,61,70-71H,6-9,12-21,23,51-52H2,1-3H3,(H2,53,72)(H2,54,73)(H,62,74)(H,63,78)(H,64,80)(H,65,75)(H,66,76)(H,67,81)(H,68,79)(H,69,77)(H,82,83)(H4,55,56,59)(H4,57,58,60)/t25-,28+,30+,31+,32+,33+,34+,35+,38+,39+/m1/s1. The molecule has 0 radical (unpaired) electrons. The third-order valence-corrected chi connectivity index (χ3v) is 12.6. The van der Waals surface area contributed by atoms with Gasteiger partial charge >= 0.3 is 5.97 Å². The van der Waals surface area contributed by atoms with Crippen LogP contribution in [0.3, 0.4) is 0 Å². The Bertz CT molecular complexity index is 2600. The van der Waals surface area contributed by atoms with E-state index in [0.717, 1.165) is 6.92 Å². The summed E-state index contributed by atoms with van der Waals surface area (Å²) in [5.41, 5.74) is 44.9. The maximum Gasteiger partial charge on any atom is 0.326 e. The third-order valence-electron chi connectivity index (χ3n) is 12.6. The van der Waals surface area contributed by atoms with E-state index in [1.807, 2.05) is 0 Å². The SMILES string of the molecule is CC(C)[C@H](NC(=O)[C@H](CC(N)=O)NC(=O)[C@H](CCCCN)NC(=O)[C@@H](N)CO)C(=O)N[C@@H](CCCN=C(N)N)C(=O)N[C@H](C(=O)N[C@@H](Cc1c[nH]c2ccccc12)C(=O)N[C@@H](CCCN=C(N)N)C(=O)N[C@@H](CCC(N)=O)C(=O)O)[C@@H](C)O. The van der Waals surface area contributed by atoms with Crippen LogP contribution in [0, 0.1) is 5.92 Å². The number of carboxylic acids is 1. The second kappa shape index (κ2) is 35.9. The number of rotatable bonds is 39. The lowest BCUT2D eigenvalue weighted by Crippen LogP contribution is -2.62. The number of hydrogen-bond acceptors (Lipinski definition) is 17. The molecule has 2 rings (SSSR count). The molecule has 0 bridgehead atoms. The minimum absolute atomic E-state index is 0.00470. The van der Waals surface area contributed by atoms with E-state index in [1.165, 1.54) is 13.8 Å². The number of aliphatic carboxylic acids is 1. The first-order valence-electron chi connectivity index (χ1n) is 26.7. The van der Waals surface area contributed by atoms with E-state index in [0.29, 0.717) is 29.3 Å². The van der Waals surface area contributed by atoms with Crippen LogP contribution >= 0.6 is 0 Å². The normalized spacial score (nSPS) is 14.7. The molecule has 0 aliphatic heterocycles. The van der Waals surface area contributed by atoms with Crippen LogP contribution in [-0.4, -0.2) is 184 Å². The number of aliphatic hydroxyl groups is 2. The number of guanidine groups is 2. The van der Waals surface area contributed by atoms with E-state index in [1.54, 1.807) is 30.5 Å². The predicted octanol–water partition coefficient (Wildman–Crippen LogP) is -7.59. The minimum Gasteiger partial charge on any atom is -0.480 e. The van der Waals surface area contributed by atoms with Gasteiger partial charge < -0.3 is 109 Å². The lowest BCUT2D eigenvalue weighted by molar-refractivity contribution is -0.142. The summed E-state index contributed by atoms with van der Waals surface area (Å²) >= 11 is 0. The number of nitrogens with one attached hydrogen (secondary N) is 9. The highest BCUT2D eigenvalue weighted by Gasteiger charge is 2.37. The van der Waals surface area contributed by atoms with Crippen molar-refractivity contribution in [2.24, 2.45) is 61.8 Å². The fourth-order valence-electron chi connectivity index (χ4n) is 8.14. The molecule has 28 N–H and O–H groups in total. The quantitative estimate of drug-likeness (QED) is 0.0168. The molecule has 1 heterocycles. The summed E-state index contributed by atoms with van der Waals surface area (Å²) in [6.07, 6.45) is -1.56. The molecule has 0 unspecified atom stereocenters. The van der Waals surface area contributed by atoms with Crippen molar-refractivity contribution in [2.45, 2.75) is 152 Å². The van der Waals surface area contributed by atoms with Gasteiger partial charge in [-0.1, -0.05) is 32.0 Å². The number of benzene rings is 1. The average molecular weight is 1170 g/mol. The molecule has 462 valence electrons. The van der Waals surface area contributed by atoms with Crippen molar-refractivity contribution < 1.29 is 68.1 Å². The van der Waals surface area contributed by atoms with Crippen LogP contribution in [0.1, 0.15) is 90.5 Å². The summed E-state index contributed by atoms with van der Waals surface area (Å²) in [6, 6.07) is -7.17. The van der Waals surface area contributed by atoms with Gasteiger partial charge in [0, 0.05) is 43.0 Å². The number of nitrogens with two attached hydrogens (primary N) is 8. The van der Waals surface area contributed by atoms with Crippen LogP contribution < -0.4 is 88.4 Å². The van der Waals surface area contributed by atoms with Crippen molar-refractivity contribution >= 4 is 87.9 Å². The Morgan fingerprint density at radius 1 is 0.554 bits per heavy atom. The van der Waals surface area contributed by atoms with Gasteiger partial charge in [0.15, 0.2) is 11.9 Å². The molecule has 0 fully saturated rings. The zero-order valence-corrected chi connectivity index (χ0v) is 46.7. The summed E-state index contributed by atoms with van der Waals surface area (Å²) in [5.74, 6) is -12.8. The minimum atomic E-state index is -1.87. The molecule has 10 amide bonds. The van der Waals surface area contributed by atoms with Crippen LogP contribution in [0.25, 0.3) is 10.9 Å². The van der Waals surface area contributed by atoms with E-state index in [4.69, 9.17) is 45.9 Å². The number of carboxylic acid groups (broad SMARTS) is 1. The molecule has 33 heteroatoms. The Kier molecular flexibility index (Phi) is 30.5. The number of fused-ring (bicyclic) bond motifs is 1. The highest BCUT2D eigenvalue weighted by Crippen LogP contribution is 2.20. The fourth-order valence-corrected chi connectivity index (χ4v) is 8.14. The van der Waals surface area contributed by atoms with Crippen LogP contribution in [0.15, 0.2) is 40.4 Å². The van der Waals surface area contributed by atoms with Gasteiger partial charge in [-0.2, -0.15) is 0 Å². The largest absolute Gasteiger partial charge is 0.480 e.